The summed E-state index contributed by atoms with van der Waals surface area (Å²) in [6.07, 6.45) is 0.595. The maximum Gasteiger partial charge on any atom is 0.317 e. The van der Waals surface area contributed by atoms with Gasteiger partial charge >= 0.3 is 5.97 Å². The molecule has 0 aromatic carbocycles. The summed E-state index contributed by atoms with van der Waals surface area (Å²) in [7, 11) is 1.31. The number of carbonyl (C=O) groups is 2. The molecule has 0 bridgehead atoms. The SMILES string of the molecule is COC(=O)[C@H]1C(=O)c2c(n[nH]c2C)CC1(C)C. The number of aromatic amines is 1. The molecule has 17 heavy (non-hydrogen) atoms. The van der Waals surface area contributed by atoms with Gasteiger partial charge in [-0.05, 0) is 18.8 Å². The third-order valence-electron chi connectivity index (χ3n) is 3.37. The second-order valence-corrected chi connectivity index (χ2v) is 5.16. The lowest BCUT2D eigenvalue weighted by Crippen LogP contribution is -2.43. The van der Waals surface area contributed by atoms with Gasteiger partial charge in [0.15, 0.2) is 5.78 Å². The molecule has 1 N–H and O–H groups in total. The molecule has 0 saturated heterocycles. The second-order valence-electron chi connectivity index (χ2n) is 5.16. The molecule has 0 unspecified atom stereocenters. The number of H-pyrrole nitrogens is 1. The smallest absolute Gasteiger partial charge is 0.317 e. The number of aryl methyl sites for hydroxylation is 1. The van der Waals surface area contributed by atoms with Gasteiger partial charge in [0.25, 0.3) is 0 Å². The highest BCUT2D eigenvalue weighted by atomic mass is 16.5. The molecule has 1 aromatic heterocycles. The number of Topliss-reactive ketones (excluding diaryl/α,β-unsaturated/α-hetero) is 1. The topological polar surface area (TPSA) is 72.1 Å². The highest BCUT2D eigenvalue weighted by Gasteiger charge is 2.48. The van der Waals surface area contributed by atoms with Gasteiger partial charge in [0.05, 0.1) is 18.4 Å². The highest BCUT2D eigenvalue weighted by Crippen LogP contribution is 2.40. The van der Waals surface area contributed by atoms with Crippen LogP contribution in [0.3, 0.4) is 0 Å². The number of hydrogen-bond acceptors (Lipinski definition) is 4. The normalized spacial score (nSPS) is 22.1. The summed E-state index contributed by atoms with van der Waals surface area (Å²) < 4.78 is 4.74. The molecule has 1 aliphatic rings. The van der Waals surface area contributed by atoms with Crippen LogP contribution in [0.2, 0.25) is 0 Å². The molecular formula is C12H16N2O3. The van der Waals surface area contributed by atoms with Crippen LogP contribution in [-0.2, 0) is 16.0 Å². The Morgan fingerprint density at radius 3 is 2.76 bits per heavy atom. The van der Waals surface area contributed by atoms with Crippen molar-refractivity contribution >= 4 is 11.8 Å². The van der Waals surface area contributed by atoms with Crippen LogP contribution >= 0.6 is 0 Å². The van der Waals surface area contributed by atoms with Gasteiger partial charge in [-0.1, -0.05) is 13.8 Å². The molecule has 0 aliphatic heterocycles. The second kappa shape index (κ2) is 3.68. The van der Waals surface area contributed by atoms with E-state index in [1.54, 1.807) is 6.92 Å². The van der Waals surface area contributed by atoms with Crippen molar-refractivity contribution in [2.45, 2.75) is 27.2 Å². The van der Waals surface area contributed by atoms with Gasteiger partial charge in [-0.15, -0.1) is 0 Å². The summed E-state index contributed by atoms with van der Waals surface area (Å²) in [4.78, 5) is 24.1. The fraction of sp³-hybridized carbons (Fsp3) is 0.583. The fourth-order valence-corrected chi connectivity index (χ4v) is 2.51. The van der Waals surface area contributed by atoms with Gasteiger partial charge in [0.1, 0.15) is 5.92 Å². The molecule has 5 heteroatoms. The van der Waals surface area contributed by atoms with E-state index in [0.717, 1.165) is 11.4 Å². The van der Waals surface area contributed by atoms with Crippen LogP contribution in [0.15, 0.2) is 0 Å². The van der Waals surface area contributed by atoms with Crippen molar-refractivity contribution in [3.05, 3.63) is 17.0 Å². The zero-order valence-electron chi connectivity index (χ0n) is 10.5. The summed E-state index contributed by atoms with van der Waals surface area (Å²) in [6.45, 7) is 5.56. The number of hydrogen-bond donors (Lipinski definition) is 1. The Labute approximate surface area is 99.5 Å². The predicted molar refractivity (Wildman–Crippen MR) is 60.6 cm³/mol. The van der Waals surface area contributed by atoms with Gasteiger partial charge in [-0.25, -0.2) is 0 Å². The van der Waals surface area contributed by atoms with E-state index in [1.165, 1.54) is 7.11 Å². The molecule has 1 atom stereocenters. The van der Waals surface area contributed by atoms with Crippen molar-refractivity contribution in [2.75, 3.05) is 7.11 Å². The number of aromatic nitrogens is 2. The first kappa shape index (κ1) is 11.8. The number of carbonyl (C=O) groups excluding carboxylic acids is 2. The predicted octanol–water partition coefficient (Wildman–Crippen LogP) is 1.27. The maximum atomic E-state index is 12.4. The first-order valence-corrected chi connectivity index (χ1v) is 5.54. The van der Waals surface area contributed by atoms with E-state index < -0.39 is 17.3 Å². The van der Waals surface area contributed by atoms with Crippen LogP contribution in [-0.4, -0.2) is 29.1 Å². The number of methoxy groups -OCH3 is 1. The Morgan fingerprint density at radius 1 is 1.53 bits per heavy atom. The molecule has 1 aliphatic carbocycles. The van der Waals surface area contributed by atoms with Crippen LogP contribution in [0.4, 0.5) is 0 Å². The van der Waals surface area contributed by atoms with Gasteiger partial charge < -0.3 is 4.74 Å². The lowest BCUT2D eigenvalue weighted by Gasteiger charge is -2.34. The largest absolute Gasteiger partial charge is 0.468 e. The van der Waals surface area contributed by atoms with Crippen LogP contribution in [0.1, 0.15) is 35.6 Å². The van der Waals surface area contributed by atoms with Gasteiger partial charge in [-0.2, -0.15) is 5.10 Å². The summed E-state index contributed by atoms with van der Waals surface area (Å²) in [5, 5.41) is 6.93. The van der Waals surface area contributed by atoms with Crippen molar-refractivity contribution < 1.29 is 14.3 Å². The van der Waals surface area contributed by atoms with E-state index in [9.17, 15) is 9.59 Å². The minimum atomic E-state index is -0.740. The van der Waals surface area contributed by atoms with Gasteiger partial charge in [0.2, 0.25) is 0 Å². The fourth-order valence-electron chi connectivity index (χ4n) is 2.51. The summed E-state index contributed by atoms with van der Waals surface area (Å²) >= 11 is 0. The molecular weight excluding hydrogens is 220 g/mol. The molecule has 1 aromatic rings. The Balaban J connectivity index is 2.53. The van der Waals surface area contributed by atoms with Crippen molar-refractivity contribution in [3.63, 3.8) is 0 Å². The monoisotopic (exact) mass is 236 g/mol. The molecule has 5 nitrogen and oxygen atoms in total. The lowest BCUT2D eigenvalue weighted by atomic mass is 9.67. The molecule has 0 spiro atoms. The number of ketones is 1. The standard InChI is InChI=1S/C12H16N2O3/c1-6-8-7(14-13-6)5-12(2,3)9(10(8)15)11(16)17-4/h9H,5H2,1-4H3,(H,13,14)/t9-/m1/s1. The molecule has 0 saturated carbocycles. The molecule has 0 fully saturated rings. The maximum absolute atomic E-state index is 12.4. The first-order chi connectivity index (χ1) is 7.88. The van der Waals surface area contributed by atoms with Gasteiger partial charge in [-0.3, -0.25) is 14.7 Å². The molecule has 0 radical (unpaired) electrons. The molecule has 2 rings (SSSR count). The first-order valence-electron chi connectivity index (χ1n) is 5.54. The Bertz CT molecular complexity index is 488. The summed E-state index contributed by atoms with van der Waals surface area (Å²) in [6, 6.07) is 0. The quantitative estimate of drug-likeness (QED) is 0.588. The summed E-state index contributed by atoms with van der Waals surface area (Å²) in [5.74, 6) is -1.39. The van der Waals surface area contributed by atoms with Crippen molar-refractivity contribution in [2.24, 2.45) is 11.3 Å². The number of nitrogens with one attached hydrogen (secondary N) is 1. The highest BCUT2D eigenvalue weighted by molar-refractivity contribution is 6.11. The third kappa shape index (κ3) is 1.66. The van der Waals surface area contributed by atoms with E-state index in [4.69, 9.17) is 4.74 Å². The van der Waals surface area contributed by atoms with E-state index in [1.807, 2.05) is 13.8 Å². The van der Waals surface area contributed by atoms with Crippen molar-refractivity contribution in [3.8, 4) is 0 Å². The Kier molecular flexibility index (Phi) is 2.56. The number of fused-ring (bicyclic) bond motifs is 1. The Hall–Kier alpha value is -1.65. The van der Waals surface area contributed by atoms with Crippen LogP contribution in [0, 0.1) is 18.3 Å². The van der Waals surface area contributed by atoms with E-state index in [0.29, 0.717) is 12.0 Å². The lowest BCUT2D eigenvalue weighted by molar-refractivity contribution is -0.147. The Morgan fingerprint density at radius 2 is 2.18 bits per heavy atom. The average molecular weight is 236 g/mol. The van der Waals surface area contributed by atoms with E-state index in [-0.39, 0.29) is 5.78 Å². The van der Waals surface area contributed by atoms with Crippen molar-refractivity contribution in [1.29, 1.82) is 0 Å². The molecule has 0 amide bonds. The van der Waals surface area contributed by atoms with Crippen LogP contribution in [0.25, 0.3) is 0 Å². The zero-order valence-corrected chi connectivity index (χ0v) is 10.5. The van der Waals surface area contributed by atoms with Crippen LogP contribution < -0.4 is 0 Å². The van der Waals surface area contributed by atoms with E-state index >= 15 is 0 Å². The van der Waals surface area contributed by atoms with Gasteiger partial charge in [0, 0.05) is 5.69 Å². The average Bonchev–Trinajstić information content (AvgIpc) is 2.58. The van der Waals surface area contributed by atoms with Crippen LogP contribution in [0.5, 0.6) is 0 Å². The molecule has 92 valence electrons. The number of ether oxygens (including phenoxy) is 1. The van der Waals surface area contributed by atoms with E-state index in [2.05, 4.69) is 10.2 Å². The molecule has 1 heterocycles. The number of esters is 1. The summed E-state index contributed by atoms with van der Waals surface area (Å²) in [5.41, 5.74) is 1.56. The zero-order chi connectivity index (χ0) is 12.8. The number of nitrogens with zero attached hydrogens (tertiary/aromatic N) is 1. The minimum absolute atomic E-state index is 0.186. The number of rotatable bonds is 1. The third-order valence-corrected chi connectivity index (χ3v) is 3.37. The minimum Gasteiger partial charge on any atom is -0.468 e. The van der Waals surface area contributed by atoms with Crippen molar-refractivity contribution in [1.82, 2.24) is 10.2 Å².